The van der Waals surface area contributed by atoms with Crippen molar-refractivity contribution in [3.63, 3.8) is 0 Å². The van der Waals surface area contributed by atoms with E-state index in [0.29, 0.717) is 30.6 Å². The number of hydrogen-bond acceptors (Lipinski definition) is 4. The van der Waals surface area contributed by atoms with E-state index in [2.05, 4.69) is 0 Å². The second kappa shape index (κ2) is 11.7. The Labute approximate surface area is 223 Å². The molecule has 1 N–H and O–H groups in total. The molecule has 0 saturated heterocycles. The van der Waals surface area contributed by atoms with Crippen LogP contribution in [-0.4, -0.2) is 40.1 Å². The fourth-order valence-electron chi connectivity index (χ4n) is 4.89. The maximum atomic E-state index is 14.2. The Balaban J connectivity index is 1.39. The molecule has 1 aliphatic heterocycles. The standard InChI is InChI=1S/C31H34FNO5/c1-21(2)37-26-9-6-7-23(16-26)19-33(20-30(35)36)29(34)14-12-22-11-13-28-25(15-22)18-31(3,38-28)17-24-8-4-5-10-27(24)32/h4-11,13,15-16,21H,12,14,17-20H2,1-3H3,(H,35,36)/t31-/m0/s1. The number of hydrogen-bond donors (Lipinski definition) is 1. The summed E-state index contributed by atoms with van der Waals surface area (Å²) in [6, 6.07) is 20.0. The van der Waals surface area contributed by atoms with Gasteiger partial charge in [0.05, 0.1) is 6.10 Å². The number of carboxylic acids is 1. The molecule has 0 saturated carbocycles. The minimum Gasteiger partial charge on any atom is -0.491 e. The molecule has 4 rings (SSSR count). The van der Waals surface area contributed by atoms with Crippen molar-refractivity contribution in [2.45, 2.75) is 64.7 Å². The van der Waals surface area contributed by atoms with Gasteiger partial charge >= 0.3 is 5.97 Å². The van der Waals surface area contributed by atoms with Crippen LogP contribution in [0.4, 0.5) is 4.39 Å². The van der Waals surface area contributed by atoms with E-state index in [0.717, 1.165) is 22.4 Å². The summed E-state index contributed by atoms with van der Waals surface area (Å²) in [5.41, 5.74) is 2.87. The molecule has 0 bridgehead atoms. The number of rotatable bonds is 11. The zero-order valence-electron chi connectivity index (χ0n) is 22.1. The van der Waals surface area contributed by atoms with Gasteiger partial charge in [0.15, 0.2) is 0 Å². The summed E-state index contributed by atoms with van der Waals surface area (Å²) in [5.74, 6) is -0.0736. The molecule has 1 heterocycles. The van der Waals surface area contributed by atoms with E-state index < -0.39 is 11.6 Å². The highest BCUT2D eigenvalue weighted by Gasteiger charge is 2.35. The zero-order chi connectivity index (χ0) is 27.3. The molecule has 0 fully saturated rings. The molecule has 200 valence electrons. The Hall–Kier alpha value is -3.87. The van der Waals surface area contributed by atoms with Crippen molar-refractivity contribution in [3.8, 4) is 11.5 Å². The molecule has 7 heteroatoms. The predicted molar refractivity (Wildman–Crippen MR) is 143 cm³/mol. The largest absolute Gasteiger partial charge is 0.491 e. The van der Waals surface area contributed by atoms with Gasteiger partial charge in [0.25, 0.3) is 0 Å². The van der Waals surface area contributed by atoms with Crippen LogP contribution in [0.5, 0.6) is 11.5 Å². The fraction of sp³-hybridized carbons (Fsp3) is 0.355. The average Bonchev–Trinajstić information content (AvgIpc) is 3.18. The summed E-state index contributed by atoms with van der Waals surface area (Å²) < 4.78 is 26.1. The first-order chi connectivity index (χ1) is 18.1. The first-order valence-corrected chi connectivity index (χ1v) is 12.9. The van der Waals surface area contributed by atoms with Crippen LogP contribution in [0.3, 0.4) is 0 Å². The van der Waals surface area contributed by atoms with Crippen LogP contribution in [0.15, 0.2) is 66.7 Å². The molecule has 1 amide bonds. The summed E-state index contributed by atoms with van der Waals surface area (Å²) in [7, 11) is 0. The van der Waals surface area contributed by atoms with Gasteiger partial charge in [0, 0.05) is 25.8 Å². The van der Waals surface area contributed by atoms with E-state index in [9.17, 15) is 19.1 Å². The first kappa shape index (κ1) is 27.2. The Kier molecular flexibility index (Phi) is 8.35. The van der Waals surface area contributed by atoms with Crippen LogP contribution in [0.25, 0.3) is 0 Å². The molecule has 3 aromatic rings. The van der Waals surface area contributed by atoms with Crippen LogP contribution in [0.1, 0.15) is 49.4 Å². The topological polar surface area (TPSA) is 76.1 Å². The van der Waals surface area contributed by atoms with E-state index >= 15 is 0 Å². The van der Waals surface area contributed by atoms with E-state index in [1.54, 1.807) is 12.1 Å². The third-order valence-corrected chi connectivity index (χ3v) is 6.52. The Morgan fingerprint density at radius 3 is 2.61 bits per heavy atom. The van der Waals surface area contributed by atoms with E-state index in [4.69, 9.17) is 9.47 Å². The Morgan fingerprint density at radius 2 is 1.87 bits per heavy atom. The van der Waals surface area contributed by atoms with Crippen molar-refractivity contribution in [1.29, 1.82) is 0 Å². The highest BCUT2D eigenvalue weighted by atomic mass is 19.1. The van der Waals surface area contributed by atoms with Crippen LogP contribution in [0.2, 0.25) is 0 Å². The first-order valence-electron chi connectivity index (χ1n) is 12.9. The van der Waals surface area contributed by atoms with Crippen LogP contribution >= 0.6 is 0 Å². The third kappa shape index (κ3) is 7.12. The monoisotopic (exact) mass is 519 g/mol. The maximum Gasteiger partial charge on any atom is 0.323 e. The number of nitrogens with zero attached hydrogens (tertiary/aromatic N) is 1. The SMILES string of the molecule is CC(C)Oc1cccc(CN(CC(=O)O)C(=O)CCc2ccc3c(c2)C[C@](C)(Cc2ccccc2F)O3)c1. The summed E-state index contributed by atoms with van der Waals surface area (Å²) in [6.45, 7) is 5.66. The molecule has 3 aromatic carbocycles. The molecular formula is C31H34FNO5. The lowest BCUT2D eigenvalue weighted by atomic mass is 9.91. The van der Waals surface area contributed by atoms with Crippen LogP contribution in [0, 0.1) is 5.82 Å². The molecule has 0 spiro atoms. The van der Waals surface area contributed by atoms with Gasteiger partial charge in [0.1, 0.15) is 29.5 Å². The molecule has 1 aliphatic rings. The Morgan fingerprint density at radius 1 is 1.08 bits per heavy atom. The second-order valence-corrected chi connectivity index (χ2v) is 10.4. The zero-order valence-corrected chi connectivity index (χ0v) is 22.1. The van der Waals surface area contributed by atoms with Gasteiger partial charge in [-0.2, -0.15) is 0 Å². The molecule has 0 radical (unpaired) electrons. The number of carbonyl (C=O) groups is 2. The summed E-state index contributed by atoms with van der Waals surface area (Å²) in [6.07, 6.45) is 1.76. The van der Waals surface area contributed by atoms with Gasteiger partial charge < -0.3 is 19.5 Å². The van der Waals surface area contributed by atoms with Crippen molar-refractivity contribution >= 4 is 11.9 Å². The van der Waals surface area contributed by atoms with E-state index in [1.807, 2.05) is 69.3 Å². The van der Waals surface area contributed by atoms with E-state index in [-0.39, 0.29) is 37.3 Å². The summed E-state index contributed by atoms with van der Waals surface area (Å²) in [5, 5.41) is 9.39. The van der Waals surface area contributed by atoms with Gasteiger partial charge in [0.2, 0.25) is 5.91 Å². The highest BCUT2D eigenvalue weighted by Crippen LogP contribution is 2.38. The lowest BCUT2D eigenvalue weighted by Crippen LogP contribution is -2.35. The number of carbonyl (C=O) groups excluding carboxylic acids is 1. The van der Waals surface area contributed by atoms with Gasteiger partial charge in [-0.3, -0.25) is 9.59 Å². The molecule has 0 aromatic heterocycles. The molecule has 0 unspecified atom stereocenters. The number of ether oxygens (including phenoxy) is 2. The number of amides is 1. The summed E-state index contributed by atoms with van der Waals surface area (Å²) >= 11 is 0. The van der Waals surface area contributed by atoms with Crippen LogP contribution < -0.4 is 9.47 Å². The lowest BCUT2D eigenvalue weighted by Gasteiger charge is -2.24. The molecule has 0 aliphatic carbocycles. The number of aliphatic carboxylic acids is 1. The van der Waals surface area contributed by atoms with Gasteiger partial charge in [-0.25, -0.2) is 4.39 Å². The molecule has 1 atom stereocenters. The van der Waals surface area contributed by atoms with Crippen molar-refractivity contribution in [1.82, 2.24) is 4.90 Å². The highest BCUT2D eigenvalue weighted by molar-refractivity contribution is 5.81. The number of fused-ring (bicyclic) bond motifs is 1. The normalized spacial score (nSPS) is 16.1. The van der Waals surface area contributed by atoms with Gasteiger partial charge in [-0.1, -0.05) is 42.5 Å². The maximum absolute atomic E-state index is 14.2. The molecule has 38 heavy (non-hydrogen) atoms. The number of aryl methyl sites for hydroxylation is 1. The van der Waals surface area contributed by atoms with Crippen molar-refractivity contribution in [3.05, 3.63) is 94.8 Å². The van der Waals surface area contributed by atoms with Gasteiger partial charge in [-0.05, 0) is 73.7 Å². The second-order valence-electron chi connectivity index (χ2n) is 10.4. The predicted octanol–water partition coefficient (Wildman–Crippen LogP) is 5.60. The molecular weight excluding hydrogens is 485 g/mol. The number of benzene rings is 3. The fourth-order valence-corrected chi connectivity index (χ4v) is 4.89. The third-order valence-electron chi connectivity index (χ3n) is 6.52. The smallest absolute Gasteiger partial charge is 0.323 e. The van der Waals surface area contributed by atoms with Crippen molar-refractivity contribution in [2.24, 2.45) is 0 Å². The van der Waals surface area contributed by atoms with Crippen LogP contribution in [-0.2, 0) is 35.4 Å². The lowest BCUT2D eigenvalue weighted by molar-refractivity contribution is -0.144. The molecule has 6 nitrogen and oxygen atoms in total. The average molecular weight is 520 g/mol. The van der Waals surface area contributed by atoms with Crippen molar-refractivity contribution < 1.29 is 28.6 Å². The van der Waals surface area contributed by atoms with Gasteiger partial charge in [-0.15, -0.1) is 0 Å². The minimum absolute atomic E-state index is 0.0112. The summed E-state index contributed by atoms with van der Waals surface area (Å²) in [4.78, 5) is 25.9. The van der Waals surface area contributed by atoms with Crippen molar-refractivity contribution in [2.75, 3.05) is 6.54 Å². The van der Waals surface area contributed by atoms with E-state index in [1.165, 1.54) is 11.0 Å². The number of carboxylic acid groups (broad SMARTS) is 1. The number of halogens is 1. The minimum atomic E-state index is -1.06. The Bertz CT molecular complexity index is 1310. The quantitative estimate of drug-likeness (QED) is 0.357.